The largest absolute Gasteiger partial charge is 0.504 e. The van der Waals surface area contributed by atoms with E-state index in [0.717, 1.165) is 16.3 Å². The summed E-state index contributed by atoms with van der Waals surface area (Å²) < 4.78 is 17.9. The number of aromatic hydroxyl groups is 2. The highest BCUT2D eigenvalue weighted by atomic mass is 16.5. The van der Waals surface area contributed by atoms with Gasteiger partial charge < -0.3 is 28.7 Å². The minimum atomic E-state index is -0.544. The highest BCUT2D eigenvalue weighted by Gasteiger charge is 2.22. The van der Waals surface area contributed by atoms with Crippen molar-refractivity contribution in [2.75, 3.05) is 14.2 Å². The Bertz CT molecular complexity index is 1630. The number of ether oxygens (including phenoxy) is 2. The van der Waals surface area contributed by atoms with Gasteiger partial charge in [-0.05, 0) is 23.6 Å². The fourth-order valence-corrected chi connectivity index (χ4v) is 4.22. The van der Waals surface area contributed by atoms with Gasteiger partial charge >= 0.3 is 5.63 Å². The molecule has 0 aliphatic rings. The molecule has 0 atom stereocenters. The SMILES string of the molecule is C#CCn1c2c3cc(OC)c(O)cc3ccc2c2c(=O)oc3cc(O)c(OC)cc3c21. The number of phenolic OH excluding ortho intramolecular Hbond substituents is 2. The van der Waals surface area contributed by atoms with Crippen molar-refractivity contribution in [3.8, 4) is 35.3 Å². The lowest BCUT2D eigenvalue weighted by molar-refractivity contribution is 0.373. The molecule has 0 radical (unpaired) electrons. The minimum absolute atomic E-state index is 0.0131. The molecule has 31 heavy (non-hydrogen) atoms. The van der Waals surface area contributed by atoms with Crippen LogP contribution in [0.25, 0.3) is 43.5 Å². The Labute approximate surface area is 175 Å². The summed E-state index contributed by atoms with van der Waals surface area (Å²) in [6.45, 7) is 0.185. The van der Waals surface area contributed by atoms with Crippen LogP contribution in [0.5, 0.6) is 23.0 Å². The van der Waals surface area contributed by atoms with Gasteiger partial charge in [0.2, 0.25) is 0 Å². The number of benzene rings is 3. The van der Waals surface area contributed by atoms with Crippen molar-refractivity contribution in [3.63, 3.8) is 0 Å². The van der Waals surface area contributed by atoms with Gasteiger partial charge in [0.15, 0.2) is 23.0 Å². The molecule has 2 aromatic heterocycles. The van der Waals surface area contributed by atoms with E-state index >= 15 is 0 Å². The van der Waals surface area contributed by atoms with Crippen molar-refractivity contribution in [1.82, 2.24) is 4.57 Å². The number of rotatable bonds is 3. The quantitative estimate of drug-likeness (QED) is 0.340. The van der Waals surface area contributed by atoms with E-state index in [1.165, 1.54) is 20.3 Å². The van der Waals surface area contributed by atoms with Crippen molar-refractivity contribution < 1.29 is 24.1 Å². The molecular weight excluding hydrogens is 398 g/mol. The predicted molar refractivity (Wildman–Crippen MR) is 118 cm³/mol. The molecular formula is C24H17NO6. The van der Waals surface area contributed by atoms with Crippen LogP contribution in [0.2, 0.25) is 0 Å². The highest BCUT2D eigenvalue weighted by Crippen LogP contribution is 2.41. The lowest BCUT2D eigenvalue weighted by Gasteiger charge is -2.10. The Balaban J connectivity index is 2.10. The Kier molecular flexibility index (Phi) is 3.99. The van der Waals surface area contributed by atoms with E-state index in [9.17, 15) is 15.0 Å². The smallest absolute Gasteiger partial charge is 0.346 e. The maximum atomic E-state index is 13.0. The number of methoxy groups -OCH3 is 2. The van der Waals surface area contributed by atoms with Gasteiger partial charge in [0.25, 0.3) is 0 Å². The molecule has 0 aliphatic carbocycles. The van der Waals surface area contributed by atoms with Gasteiger partial charge in [-0.15, -0.1) is 6.42 Å². The van der Waals surface area contributed by atoms with Crippen molar-refractivity contribution >= 4 is 43.5 Å². The van der Waals surface area contributed by atoms with Crippen LogP contribution < -0.4 is 15.1 Å². The summed E-state index contributed by atoms with van der Waals surface area (Å²) in [5, 5.41) is 23.5. The second-order valence-electron chi connectivity index (χ2n) is 7.13. The molecule has 0 saturated carbocycles. The third-order valence-electron chi connectivity index (χ3n) is 5.53. The van der Waals surface area contributed by atoms with E-state index in [4.69, 9.17) is 20.3 Å². The molecule has 154 valence electrons. The summed E-state index contributed by atoms with van der Waals surface area (Å²) in [5.74, 6) is 3.08. The van der Waals surface area contributed by atoms with Crippen LogP contribution in [0.15, 0.2) is 45.6 Å². The Morgan fingerprint density at radius 2 is 1.65 bits per heavy atom. The van der Waals surface area contributed by atoms with Gasteiger partial charge in [0.05, 0.1) is 37.2 Å². The van der Waals surface area contributed by atoms with Crippen molar-refractivity contribution in [3.05, 3.63) is 46.8 Å². The molecule has 2 N–H and O–H groups in total. The number of phenols is 2. The summed E-state index contributed by atoms with van der Waals surface area (Å²) >= 11 is 0. The molecule has 7 nitrogen and oxygen atoms in total. The predicted octanol–water partition coefficient (Wildman–Crippen LogP) is 4.12. The molecule has 2 heterocycles. The maximum absolute atomic E-state index is 13.0. The third-order valence-corrected chi connectivity index (χ3v) is 5.53. The van der Waals surface area contributed by atoms with Crippen LogP contribution in [0.1, 0.15) is 0 Å². The Morgan fingerprint density at radius 1 is 0.968 bits per heavy atom. The van der Waals surface area contributed by atoms with Crippen molar-refractivity contribution in [1.29, 1.82) is 0 Å². The van der Waals surface area contributed by atoms with Crippen LogP contribution >= 0.6 is 0 Å². The van der Waals surface area contributed by atoms with E-state index in [0.29, 0.717) is 27.4 Å². The normalized spacial score (nSPS) is 11.4. The summed E-state index contributed by atoms with van der Waals surface area (Å²) in [4.78, 5) is 13.0. The molecule has 0 saturated heterocycles. The topological polar surface area (TPSA) is 94.1 Å². The third kappa shape index (κ3) is 2.52. The lowest BCUT2D eigenvalue weighted by atomic mass is 10.0. The molecule has 0 bridgehead atoms. The first-order chi connectivity index (χ1) is 15.0. The first-order valence-corrected chi connectivity index (χ1v) is 9.41. The Morgan fingerprint density at radius 3 is 2.32 bits per heavy atom. The van der Waals surface area contributed by atoms with Gasteiger partial charge in [0.1, 0.15) is 5.58 Å². The zero-order valence-corrected chi connectivity index (χ0v) is 16.7. The second-order valence-corrected chi connectivity index (χ2v) is 7.13. The van der Waals surface area contributed by atoms with E-state index in [-0.39, 0.29) is 29.4 Å². The fraction of sp³-hybridized carbons (Fsp3) is 0.125. The van der Waals surface area contributed by atoms with Crippen LogP contribution in [0.3, 0.4) is 0 Å². The molecule has 7 heteroatoms. The van der Waals surface area contributed by atoms with Gasteiger partial charge in [-0.3, -0.25) is 0 Å². The minimum Gasteiger partial charge on any atom is -0.504 e. The van der Waals surface area contributed by atoms with Crippen LogP contribution in [0, 0.1) is 12.3 Å². The summed E-state index contributed by atoms with van der Waals surface area (Å²) in [7, 11) is 2.92. The fourth-order valence-electron chi connectivity index (χ4n) is 4.22. The van der Waals surface area contributed by atoms with E-state index in [2.05, 4.69) is 5.92 Å². The van der Waals surface area contributed by atoms with Gasteiger partial charge in [0, 0.05) is 22.2 Å². The van der Waals surface area contributed by atoms with Crippen LogP contribution in [0.4, 0.5) is 0 Å². The van der Waals surface area contributed by atoms with Gasteiger partial charge in [-0.1, -0.05) is 18.1 Å². The van der Waals surface area contributed by atoms with Crippen LogP contribution in [-0.2, 0) is 6.54 Å². The number of aromatic nitrogens is 1. The van der Waals surface area contributed by atoms with Gasteiger partial charge in [-0.25, -0.2) is 4.79 Å². The first kappa shape index (κ1) is 18.7. The zero-order chi connectivity index (χ0) is 21.9. The monoisotopic (exact) mass is 415 g/mol. The summed E-state index contributed by atoms with van der Waals surface area (Å²) in [6, 6.07) is 9.92. The number of fused-ring (bicyclic) bond motifs is 7. The number of terminal acetylenes is 1. The molecule has 0 fully saturated rings. The highest BCUT2D eigenvalue weighted by molar-refractivity contribution is 6.22. The van der Waals surface area contributed by atoms with Gasteiger partial charge in [-0.2, -0.15) is 0 Å². The summed E-state index contributed by atoms with van der Waals surface area (Å²) in [5.41, 5.74) is 0.974. The van der Waals surface area contributed by atoms with E-state index < -0.39 is 5.63 Å². The molecule has 0 amide bonds. The maximum Gasteiger partial charge on any atom is 0.346 e. The number of hydrogen-bond donors (Lipinski definition) is 2. The first-order valence-electron chi connectivity index (χ1n) is 9.41. The standard InChI is InChI=1S/C24H17NO6/c1-4-7-25-22-13(6-5-12-8-16(26)19(29-2)9-14(12)22)21-23(25)15-10-20(30-3)17(27)11-18(15)31-24(21)28/h1,5-6,8-11,26-27H,7H2,2-3H3. The van der Waals surface area contributed by atoms with Crippen molar-refractivity contribution in [2.24, 2.45) is 0 Å². The molecule has 5 rings (SSSR count). The number of nitrogens with zero attached hydrogens (tertiary/aromatic N) is 1. The molecule has 0 aliphatic heterocycles. The average molecular weight is 415 g/mol. The van der Waals surface area contributed by atoms with Crippen molar-refractivity contribution in [2.45, 2.75) is 6.54 Å². The van der Waals surface area contributed by atoms with Crippen LogP contribution in [-0.4, -0.2) is 29.0 Å². The molecule has 0 spiro atoms. The molecule has 0 unspecified atom stereocenters. The molecule has 5 aromatic rings. The summed E-state index contributed by atoms with van der Waals surface area (Å²) in [6.07, 6.45) is 5.69. The van der Waals surface area contributed by atoms with E-state index in [1.807, 2.05) is 10.6 Å². The number of hydrogen-bond acceptors (Lipinski definition) is 6. The Hall–Kier alpha value is -4.31. The zero-order valence-electron chi connectivity index (χ0n) is 16.7. The lowest BCUT2D eigenvalue weighted by Crippen LogP contribution is -2.02. The second kappa shape index (κ2) is 6.61. The average Bonchev–Trinajstić information content (AvgIpc) is 3.08. The van der Waals surface area contributed by atoms with E-state index in [1.54, 1.807) is 24.3 Å². The molecule has 3 aromatic carbocycles.